The molecule has 1 fully saturated rings. The number of pyridine rings is 1. The zero-order valence-electron chi connectivity index (χ0n) is 9.36. The summed E-state index contributed by atoms with van der Waals surface area (Å²) in [6, 6.07) is 5.43. The average Bonchev–Trinajstić information content (AvgIpc) is 2.29. The second-order valence-corrected chi connectivity index (χ2v) is 4.45. The van der Waals surface area contributed by atoms with E-state index in [2.05, 4.69) is 4.98 Å². The van der Waals surface area contributed by atoms with Crippen LogP contribution in [0.15, 0.2) is 18.2 Å². The third-order valence-electron chi connectivity index (χ3n) is 2.89. The van der Waals surface area contributed by atoms with Crippen LogP contribution >= 0.6 is 11.6 Å². The highest BCUT2D eigenvalue weighted by Gasteiger charge is 2.23. The summed E-state index contributed by atoms with van der Waals surface area (Å²) >= 11 is 5.80. The van der Waals surface area contributed by atoms with E-state index in [9.17, 15) is 0 Å². The monoisotopic (exact) mass is 241 g/mol. The van der Waals surface area contributed by atoms with Gasteiger partial charge in [-0.15, -0.1) is 0 Å². The molecular weight excluding hydrogens is 226 g/mol. The van der Waals surface area contributed by atoms with Gasteiger partial charge in [0.15, 0.2) is 0 Å². The van der Waals surface area contributed by atoms with Gasteiger partial charge < -0.3 is 9.47 Å². The Hall–Kier alpha value is -0.800. The predicted molar refractivity (Wildman–Crippen MR) is 62.9 cm³/mol. The zero-order chi connectivity index (χ0) is 11.4. The Labute approximate surface area is 101 Å². The number of hydrogen-bond acceptors (Lipinski definition) is 3. The van der Waals surface area contributed by atoms with Gasteiger partial charge in [0.1, 0.15) is 11.3 Å². The fourth-order valence-electron chi connectivity index (χ4n) is 2.05. The Kier molecular flexibility index (Phi) is 4.02. The van der Waals surface area contributed by atoms with Gasteiger partial charge in [-0.3, -0.25) is 0 Å². The van der Waals surface area contributed by atoms with Crippen LogP contribution < -0.4 is 4.74 Å². The molecular formula is C12H16ClNO2. The van der Waals surface area contributed by atoms with Gasteiger partial charge in [0.25, 0.3) is 0 Å². The van der Waals surface area contributed by atoms with Crippen LogP contribution in [0.1, 0.15) is 25.7 Å². The Balaban J connectivity index is 1.94. The van der Waals surface area contributed by atoms with Crippen molar-refractivity contribution in [3.8, 4) is 5.88 Å². The summed E-state index contributed by atoms with van der Waals surface area (Å²) in [6.07, 6.45) is 4.78. The van der Waals surface area contributed by atoms with Crippen LogP contribution in [0.5, 0.6) is 5.88 Å². The lowest BCUT2D eigenvalue weighted by Gasteiger charge is -2.28. The molecule has 0 radical (unpaired) electrons. The van der Waals surface area contributed by atoms with Gasteiger partial charge in [-0.2, -0.15) is 0 Å². The first-order chi connectivity index (χ1) is 7.78. The van der Waals surface area contributed by atoms with Crippen molar-refractivity contribution in [2.45, 2.75) is 37.9 Å². The normalized spacial score (nSPS) is 25.4. The molecule has 1 aliphatic rings. The fourth-order valence-corrected chi connectivity index (χ4v) is 2.21. The van der Waals surface area contributed by atoms with Crippen molar-refractivity contribution in [2.24, 2.45) is 0 Å². The molecule has 0 bridgehead atoms. The first-order valence-corrected chi connectivity index (χ1v) is 5.97. The summed E-state index contributed by atoms with van der Waals surface area (Å²) in [5.41, 5.74) is 0. The minimum Gasteiger partial charge on any atom is -0.474 e. The van der Waals surface area contributed by atoms with Gasteiger partial charge in [-0.05, 0) is 25.3 Å². The number of nitrogens with zero attached hydrogens (tertiary/aromatic N) is 1. The molecule has 88 valence electrons. The fraction of sp³-hybridized carbons (Fsp3) is 0.583. The van der Waals surface area contributed by atoms with Gasteiger partial charge in [0, 0.05) is 19.6 Å². The van der Waals surface area contributed by atoms with Gasteiger partial charge in [-0.25, -0.2) is 4.98 Å². The Morgan fingerprint density at radius 3 is 2.88 bits per heavy atom. The van der Waals surface area contributed by atoms with E-state index in [4.69, 9.17) is 21.1 Å². The number of rotatable bonds is 3. The summed E-state index contributed by atoms with van der Waals surface area (Å²) in [5.74, 6) is 0.606. The molecule has 2 rings (SSSR count). The van der Waals surface area contributed by atoms with Gasteiger partial charge in [-0.1, -0.05) is 17.7 Å². The Bertz CT molecular complexity index is 346. The quantitative estimate of drug-likeness (QED) is 0.763. The standard InChI is InChI=1S/C12H16ClNO2/c1-15-9-4-2-5-10(8-9)16-12-7-3-6-11(13)14-12/h3,6-7,9-10H,2,4-5,8H2,1H3. The van der Waals surface area contributed by atoms with E-state index in [1.807, 2.05) is 12.1 Å². The van der Waals surface area contributed by atoms with E-state index in [-0.39, 0.29) is 6.10 Å². The summed E-state index contributed by atoms with van der Waals surface area (Å²) in [7, 11) is 1.75. The number of methoxy groups -OCH3 is 1. The zero-order valence-corrected chi connectivity index (χ0v) is 10.1. The lowest BCUT2D eigenvalue weighted by atomic mass is 9.95. The molecule has 0 aromatic carbocycles. The molecule has 3 nitrogen and oxygen atoms in total. The first kappa shape index (κ1) is 11.7. The molecule has 0 aliphatic heterocycles. The van der Waals surface area contributed by atoms with Crippen molar-refractivity contribution in [1.29, 1.82) is 0 Å². The van der Waals surface area contributed by atoms with Crippen molar-refractivity contribution in [2.75, 3.05) is 7.11 Å². The average molecular weight is 242 g/mol. The molecule has 1 aromatic rings. The maximum Gasteiger partial charge on any atom is 0.214 e. The third-order valence-corrected chi connectivity index (χ3v) is 3.10. The topological polar surface area (TPSA) is 31.4 Å². The van der Waals surface area contributed by atoms with Crippen molar-refractivity contribution >= 4 is 11.6 Å². The Morgan fingerprint density at radius 1 is 1.31 bits per heavy atom. The predicted octanol–water partition coefficient (Wildman–Crippen LogP) is 3.07. The molecule has 0 saturated heterocycles. The maximum absolute atomic E-state index is 5.80. The molecule has 1 heterocycles. The maximum atomic E-state index is 5.80. The van der Waals surface area contributed by atoms with E-state index in [0.29, 0.717) is 17.1 Å². The SMILES string of the molecule is COC1CCCC(Oc2cccc(Cl)n2)C1. The van der Waals surface area contributed by atoms with Crippen LogP contribution in [0.25, 0.3) is 0 Å². The van der Waals surface area contributed by atoms with Gasteiger partial charge in [0.05, 0.1) is 6.10 Å². The van der Waals surface area contributed by atoms with Crippen LogP contribution in [0.4, 0.5) is 0 Å². The third kappa shape index (κ3) is 3.09. The summed E-state index contributed by atoms with van der Waals surface area (Å²) in [5, 5.41) is 0.469. The number of hydrogen-bond donors (Lipinski definition) is 0. The molecule has 0 spiro atoms. The van der Waals surface area contributed by atoms with Crippen molar-refractivity contribution in [1.82, 2.24) is 4.98 Å². The minimum absolute atomic E-state index is 0.199. The van der Waals surface area contributed by atoms with Crippen molar-refractivity contribution < 1.29 is 9.47 Å². The number of halogens is 1. The van der Waals surface area contributed by atoms with Crippen LogP contribution in [0.3, 0.4) is 0 Å². The van der Waals surface area contributed by atoms with Crippen LogP contribution in [0, 0.1) is 0 Å². The Morgan fingerprint density at radius 2 is 2.12 bits per heavy atom. The molecule has 0 amide bonds. The van der Waals surface area contributed by atoms with E-state index in [0.717, 1.165) is 25.7 Å². The van der Waals surface area contributed by atoms with E-state index in [1.54, 1.807) is 13.2 Å². The number of ether oxygens (including phenoxy) is 2. The summed E-state index contributed by atoms with van der Waals surface area (Å²) in [6.45, 7) is 0. The van der Waals surface area contributed by atoms with Crippen LogP contribution in [-0.4, -0.2) is 24.3 Å². The molecule has 1 aromatic heterocycles. The van der Waals surface area contributed by atoms with Crippen LogP contribution in [-0.2, 0) is 4.74 Å². The van der Waals surface area contributed by atoms with E-state index < -0.39 is 0 Å². The highest BCUT2D eigenvalue weighted by atomic mass is 35.5. The second-order valence-electron chi connectivity index (χ2n) is 4.06. The molecule has 2 atom stereocenters. The highest BCUT2D eigenvalue weighted by Crippen LogP contribution is 2.24. The van der Waals surface area contributed by atoms with E-state index >= 15 is 0 Å². The smallest absolute Gasteiger partial charge is 0.214 e. The second kappa shape index (κ2) is 5.51. The lowest BCUT2D eigenvalue weighted by molar-refractivity contribution is 0.0195. The van der Waals surface area contributed by atoms with Gasteiger partial charge >= 0.3 is 0 Å². The molecule has 16 heavy (non-hydrogen) atoms. The molecule has 2 unspecified atom stereocenters. The largest absolute Gasteiger partial charge is 0.474 e. The summed E-state index contributed by atoms with van der Waals surface area (Å²) in [4.78, 5) is 4.12. The van der Waals surface area contributed by atoms with Gasteiger partial charge in [0.2, 0.25) is 5.88 Å². The summed E-state index contributed by atoms with van der Waals surface area (Å²) < 4.78 is 11.1. The molecule has 0 N–H and O–H groups in total. The minimum atomic E-state index is 0.199. The van der Waals surface area contributed by atoms with Crippen molar-refractivity contribution in [3.63, 3.8) is 0 Å². The lowest BCUT2D eigenvalue weighted by Crippen LogP contribution is -2.29. The van der Waals surface area contributed by atoms with Crippen LogP contribution in [0.2, 0.25) is 5.15 Å². The van der Waals surface area contributed by atoms with E-state index in [1.165, 1.54) is 0 Å². The highest BCUT2D eigenvalue weighted by molar-refractivity contribution is 6.29. The number of aromatic nitrogens is 1. The molecule has 1 saturated carbocycles. The molecule has 4 heteroatoms. The molecule has 1 aliphatic carbocycles. The van der Waals surface area contributed by atoms with Crippen molar-refractivity contribution in [3.05, 3.63) is 23.4 Å². The first-order valence-electron chi connectivity index (χ1n) is 5.60.